The van der Waals surface area contributed by atoms with Crippen molar-refractivity contribution >= 4 is 0 Å². The summed E-state index contributed by atoms with van der Waals surface area (Å²) >= 11 is 0. The molecular weight excluding hydrogens is 192 g/mol. The smallest absolute Gasteiger partial charge is 0.181 e. The van der Waals surface area contributed by atoms with Crippen molar-refractivity contribution in [2.75, 3.05) is 6.54 Å². The Hall–Kier alpha value is -1.73. The van der Waals surface area contributed by atoms with Gasteiger partial charge in [0.2, 0.25) is 0 Å². The third-order valence-electron chi connectivity index (χ3n) is 2.41. The molecule has 0 radical (unpaired) electrons. The van der Waals surface area contributed by atoms with E-state index in [1.165, 1.54) is 4.90 Å². The van der Waals surface area contributed by atoms with Crippen molar-refractivity contribution in [3.63, 3.8) is 0 Å². The third kappa shape index (κ3) is 2.20. The standard InChI is InChI=1S/C11H12N2O2/c12-8-13-7-10(6-11(13)14)15-9-4-2-1-3-5-9/h1-5,10-11,14H,6-7H2. The summed E-state index contributed by atoms with van der Waals surface area (Å²) in [5.41, 5.74) is 0. The van der Waals surface area contributed by atoms with Gasteiger partial charge < -0.3 is 9.84 Å². The van der Waals surface area contributed by atoms with Crippen LogP contribution in [-0.4, -0.2) is 28.9 Å². The van der Waals surface area contributed by atoms with E-state index < -0.39 is 6.23 Å². The molecule has 1 aliphatic rings. The van der Waals surface area contributed by atoms with Crippen LogP contribution in [0.15, 0.2) is 30.3 Å². The molecule has 4 nitrogen and oxygen atoms in total. The van der Waals surface area contributed by atoms with Crippen LogP contribution in [0.3, 0.4) is 0 Å². The Kier molecular flexibility index (Phi) is 2.75. The van der Waals surface area contributed by atoms with Crippen LogP contribution in [0.4, 0.5) is 0 Å². The molecule has 1 heterocycles. The van der Waals surface area contributed by atoms with E-state index in [-0.39, 0.29) is 6.10 Å². The third-order valence-corrected chi connectivity index (χ3v) is 2.41. The average Bonchev–Trinajstić information content (AvgIpc) is 2.60. The monoisotopic (exact) mass is 204 g/mol. The molecule has 1 saturated heterocycles. The fourth-order valence-electron chi connectivity index (χ4n) is 1.66. The van der Waals surface area contributed by atoms with Gasteiger partial charge in [-0.3, -0.25) is 4.90 Å². The van der Waals surface area contributed by atoms with E-state index in [1.807, 2.05) is 36.5 Å². The second-order valence-electron chi connectivity index (χ2n) is 3.52. The minimum atomic E-state index is -0.705. The predicted molar refractivity (Wildman–Crippen MR) is 53.8 cm³/mol. The fourth-order valence-corrected chi connectivity index (χ4v) is 1.66. The molecule has 1 fully saturated rings. The van der Waals surface area contributed by atoms with Crippen LogP contribution < -0.4 is 4.74 Å². The highest BCUT2D eigenvalue weighted by Crippen LogP contribution is 2.20. The maximum absolute atomic E-state index is 9.46. The maximum atomic E-state index is 9.46. The molecule has 0 aromatic heterocycles. The molecule has 1 aliphatic heterocycles. The first-order valence-corrected chi connectivity index (χ1v) is 4.86. The van der Waals surface area contributed by atoms with Gasteiger partial charge >= 0.3 is 0 Å². The minimum absolute atomic E-state index is 0.109. The Labute approximate surface area is 88.3 Å². The molecule has 2 unspecified atom stereocenters. The highest BCUT2D eigenvalue weighted by molar-refractivity contribution is 5.21. The first kappa shape index (κ1) is 9.81. The van der Waals surface area contributed by atoms with Gasteiger partial charge in [0.1, 0.15) is 18.1 Å². The summed E-state index contributed by atoms with van der Waals surface area (Å²) in [5, 5.41) is 18.1. The van der Waals surface area contributed by atoms with Gasteiger partial charge in [-0.15, -0.1) is 0 Å². The van der Waals surface area contributed by atoms with Crippen LogP contribution in [-0.2, 0) is 0 Å². The van der Waals surface area contributed by atoms with E-state index in [9.17, 15) is 5.11 Å². The van der Waals surface area contributed by atoms with Crippen LogP contribution in [0.1, 0.15) is 6.42 Å². The largest absolute Gasteiger partial charge is 0.488 e. The zero-order valence-corrected chi connectivity index (χ0v) is 8.21. The lowest BCUT2D eigenvalue weighted by molar-refractivity contribution is 0.0758. The number of ether oxygens (including phenoxy) is 1. The van der Waals surface area contributed by atoms with E-state index in [4.69, 9.17) is 10.00 Å². The topological polar surface area (TPSA) is 56.5 Å². The maximum Gasteiger partial charge on any atom is 0.181 e. The summed E-state index contributed by atoms with van der Waals surface area (Å²) in [5.74, 6) is 0.773. The average molecular weight is 204 g/mol. The lowest BCUT2D eigenvalue weighted by atomic mass is 10.3. The first-order chi connectivity index (χ1) is 7.29. The van der Waals surface area contributed by atoms with Crippen LogP contribution in [0.5, 0.6) is 5.75 Å². The lowest BCUT2D eigenvalue weighted by Gasteiger charge is -2.12. The van der Waals surface area contributed by atoms with Crippen molar-refractivity contribution in [1.82, 2.24) is 4.90 Å². The summed E-state index contributed by atoms with van der Waals surface area (Å²) < 4.78 is 5.62. The summed E-state index contributed by atoms with van der Waals surface area (Å²) in [7, 11) is 0. The number of aliphatic hydroxyl groups is 1. The second kappa shape index (κ2) is 4.20. The van der Waals surface area contributed by atoms with Gasteiger partial charge in [-0.1, -0.05) is 18.2 Å². The molecule has 78 valence electrons. The number of rotatable bonds is 2. The molecule has 0 saturated carbocycles. The Morgan fingerprint density at radius 3 is 2.73 bits per heavy atom. The van der Waals surface area contributed by atoms with E-state index >= 15 is 0 Å². The van der Waals surface area contributed by atoms with E-state index in [0.29, 0.717) is 13.0 Å². The highest BCUT2D eigenvalue weighted by atomic mass is 16.5. The summed E-state index contributed by atoms with van der Waals surface area (Å²) in [4.78, 5) is 1.33. The van der Waals surface area contributed by atoms with Gasteiger partial charge in [0.25, 0.3) is 0 Å². The fraction of sp³-hybridized carbons (Fsp3) is 0.364. The summed E-state index contributed by atoms with van der Waals surface area (Å²) in [6, 6.07) is 9.42. The minimum Gasteiger partial charge on any atom is -0.488 e. The quantitative estimate of drug-likeness (QED) is 0.728. The van der Waals surface area contributed by atoms with Crippen LogP contribution in [0, 0.1) is 11.5 Å². The summed E-state index contributed by atoms with van der Waals surface area (Å²) in [6.07, 6.45) is 1.59. The number of nitrogens with zero attached hydrogens (tertiary/aromatic N) is 2. The molecule has 1 aromatic carbocycles. The van der Waals surface area contributed by atoms with Crippen LogP contribution in [0.2, 0.25) is 0 Å². The molecule has 0 amide bonds. The SMILES string of the molecule is N#CN1CC(Oc2ccccc2)CC1O. The molecule has 0 aliphatic carbocycles. The Morgan fingerprint density at radius 2 is 2.13 bits per heavy atom. The van der Waals surface area contributed by atoms with E-state index in [2.05, 4.69) is 0 Å². The predicted octanol–water partition coefficient (Wildman–Crippen LogP) is 0.939. The van der Waals surface area contributed by atoms with Crippen molar-refractivity contribution in [1.29, 1.82) is 5.26 Å². The van der Waals surface area contributed by atoms with Crippen molar-refractivity contribution < 1.29 is 9.84 Å². The molecule has 1 aromatic rings. The number of hydrogen-bond donors (Lipinski definition) is 1. The zero-order chi connectivity index (χ0) is 10.7. The number of aliphatic hydroxyl groups excluding tert-OH is 1. The van der Waals surface area contributed by atoms with Gasteiger partial charge in [-0.25, -0.2) is 0 Å². The first-order valence-electron chi connectivity index (χ1n) is 4.86. The molecule has 2 rings (SSSR count). The van der Waals surface area contributed by atoms with Crippen molar-refractivity contribution in [2.45, 2.75) is 18.8 Å². The van der Waals surface area contributed by atoms with Gasteiger partial charge in [-0.2, -0.15) is 5.26 Å². The summed E-state index contributed by atoms with van der Waals surface area (Å²) in [6.45, 7) is 0.451. The number of nitriles is 1. The number of benzene rings is 1. The number of para-hydroxylation sites is 1. The van der Waals surface area contributed by atoms with Crippen molar-refractivity contribution in [2.24, 2.45) is 0 Å². The van der Waals surface area contributed by atoms with E-state index in [1.54, 1.807) is 0 Å². The van der Waals surface area contributed by atoms with Crippen molar-refractivity contribution in [3.8, 4) is 11.9 Å². The Bertz CT molecular complexity index is 361. The highest BCUT2D eigenvalue weighted by Gasteiger charge is 2.31. The number of hydrogen-bond acceptors (Lipinski definition) is 4. The van der Waals surface area contributed by atoms with Gasteiger partial charge in [0, 0.05) is 6.42 Å². The number of likely N-dealkylation sites (tertiary alicyclic amines) is 1. The normalized spacial score (nSPS) is 24.9. The molecule has 2 atom stereocenters. The van der Waals surface area contributed by atoms with Gasteiger partial charge in [0.05, 0.1) is 6.54 Å². The van der Waals surface area contributed by atoms with Crippen LogP contribution >= 0.6 is 0 Å². The Morgan fingerprint density at radius 1 is 1.40 bits per heavy atom. The van der Waals surface area contributed by atoms with Crippen molar-refractivity contribution in [3.05, 3.63) is 30.3 Å². The van der Waals surface area contributed by atoms with Gasteiger partial charge in [0.15, 0.2) is 6.19 Å². The molecule has 15 heavy (non-hydrogen) atoms. The molecule has 1 N–H and O–H groups in total. The molecule has 0 bridgehead atoms. The molecule has 4 heteroatoms. The van der Waals surface area contributed by atoms with Gasteiger partial charge in [-0.05, 0) is 12.1 Å². The van der Waals surface area contributed by atoms with E-state index in [0.717, 1.165) is 5.75 Å². The molecule has 0 spiro atoms. The zero-order valence-electron chi connectivity index (χ0n) is 8.21. The second-order valence-corrected chi connectivity index (χ2v) is 3.52. The van der Waals surface area contributed by atoms with Crippen LogP contribution in [0.25, 0.3) is 0 Å². The lowest BCUT2D eigenvalue weighted by Crippen LogP contribution is -2.24. The Balaban J connectivity index is 1.96. The molecular formula is C11H12N2O2.